The van der Waals surface area contributed by atoms with Gasteiger partial charge in [0, 0.05) is 14.2 Å². The Kier molecular flexibility index (Phi) is 5.46. The van der Waals surface area contributed by atoms with Gasteiger partial charge < -0.3 is 9.47 Å². The molecular formula is C8H18O2Si. The smallest absolute Gasteiger partial charge is 0.141 e. The van der Waals surface area contributed by atoms with Crippen LogP contribution >= 0.6 is 0 Å². The predicted molar refractivity (Wildman–Crippen MR) is 50.6 cm³/mol. The van der Waals surface area contributed by atoms with Gasteiger partial charge >= 0.3 is 0 Å². The normalized spacial score (nSPS) is 12.6. The van der Waals surface area contributed by atoms with E-state index >= 15 is 0 Å². The molecule has 0 radical (unpaired) electrons. The highest BCUT2D eigenvalue weighted by molar-refractivity contribution is 6.38. The highest BCUT2D eigenvalue weighted by Crippen LogP contribution is 2.10. The van der Waals surface area contributed by atoms with Crippen molar-refractivity contribution in [1.82, 2.24) is 0 Å². The predicted octanol–water partition coefficient (Wildman–Crippen LogP) is 1.12. The minimum Gasteiger partial charge on any atom is -0.358 e. The molecule has 0 bridgehead atoms. The first-order valence-electron chi connectivity index (χ1n) is 3.89. The summed E-state index contributed by atoms with van der Waals surface area (Å²) in [5.41, 5.74) is -0.275. The third-order valence-electron chi connectivity index (χ3n) is 1.90. The number of allylic oxidation sites excluding steroid dienone is 1. The second kappa shape index (κ2) is 5.52. The molecule has 2 nitrogen and oxygen atoms in total. The van der Waals surface area contributed by atoms with Crippen molar-refractivity contribution >= 4 is 9.52 Å². The van der Waals surface area contributed by atoms with Crippen molar-refractivity contribution in [3.05, 3.63) is 12.7 Å². The van der Waals surface area contributed by atoms with Crippen molar-refractivity contribution in [2.75, 3.05) is 14.2 Å². The zero-order chi connectivity index (χ0) is 8.74. The summed E-state index contributed by atoms with van der Waals surface area (Å²) in [6, 6.07) is 1.20. The van der Waals surface area contributed by atoms with Crippen LogP contribution in [0.25, 0.3) is 0 Å². The van der Waals surface area contributed by atoms with Crippen molar-refractivity contribution < 1.29 is 9.47 Å². The number of rotatable bonds is 6. The summed E-state index contributed by atoms with van der Waals surface area (Å²) in [7, 11) is 3.10. The molecule has 0 amide bonds. The van der Waals surface area contributed by atoms with Crippen LogP contribution in [0.4, 0.5) is 0 Å². The lowest BCUT2D eigenvalue weighted by Gasteiger charge is -2.25. The maximum atomic E-state index is 5.24. The first kappa shape index (κ1) is 10.9. The summed E-state index contributed by atoms with van der Waals surface area (Å²) in [6.45, 7) is 5.67. The molecule has 0 spiro atoms. The molecule has 0 aromatic heterocycles. The molecule has 0 unspecified atom stereocenters. The van der Waals surface area contributed by atoms with E-state index in [9.17, 15) is 0 Å². The average molecular weight is 174 g/mol. The monoisotopic (exact) mass is 174 g/mol. The molecule has 11 heavy (non-hydrogen) atoms. The molecule has 0 N–H and O–H groups in total. The van der Waals surface area contributed by atoms with Crippen LogP contribution < -0.4 is 0 Å². The summed E-state index contributed by atoms with van der Waals surface area (Å²) >= 11 is 0. The van der Waals surface area contributed by atoms with Crippen molar-refractivity contribution in [1.29, 1.82) is 0 Å². The summed E-state index contributed by atoms with van der Waals surface area (Å²) in [5, 5.41) is 0. The van der Waals surface area contributed by atoms with Crippen molar-refractivity contribution in [3.8, 4) is 0 Å². The van der Waals surface area contributed by atoms with Crippen LogP contribution in [0, 0.1) is 0 Å². The molecule has 0 saturated carbocycles. The fourth-order valence-corrected chi connectivity index (χ4v) is 2.40. The third-order valence-corrected chi connectivity index (χ3v) is 4.15. The molecule has 0 aromatic carbocycles. The Bertz CT molecular complexity index is 111. The van der Waals surface area contributed by atoms with E-state index < -0.39 is 0 Å². The summed E-state index contributed by atoms with van der Waals surface area (Å²) in [4.78, 5) is 0. The first-order valence-corrected chi connectivity index (χ1v) is 5.60. The van der Waals surface area contributed by atoms with E-state index in [1.54, 1.807) is 14.2 Å². The summed E-state index contributed by atoms with van der Waals surface area (Å²) < 4.78 is 10.5. The van der Waals surface area contributed by atoms with Gasteiger partial charge in [-0.25, -0.2) is 0 Å². The summed E-state index contributed by atoms with van der Waals surface area (Å²) in [6.07, 6.45) is 3.02. The van der Waals surface area contributed by atoms with E-state index in [4.69, 9.17) is 9.47 Å². The van der Waals surface area contributed by atoms with Crippen LogP contribution in [0.15, 0.2) is 12.7 Å². The maximum absolute atomic E-state index is 5.24. The van der Waals surface area contributed by atoms with Gasteiger partial charge in [-0.1, -0.05) is 12.1 Å². The molecule has 66 valence electrons. The molecule has 0 atom stereocenters. The standard InChI is InChI=1S/C8H18O2Si/c1-5-6-7-11-8(2,9-3)10-4/h5H,1,6-7,11H2,2-4H3. The fraction of sp³-hybridized carbons (Fsp3) is 0.750. The van der Waals surface area contributed by atoms with Crippen LogP contribution in [-0.4, -0.2) is 29.1 Å². The lowest BCUT2D eigenvalue weighted by Crippen LogP contribution is -2.36. The van der Waals surface area contributed by atoms with Crippen LogP contribution in [0.3, 0.4) is 0 Å². The zero-order valence-corrected chi connectivity index (χ0v) is 9.14. The second-order valence-electron chi connectivity index (χ2n) is 2.72. The SMILES string of the molecule is C=CCC[SiH2]C(C)(OC)OC. The van der Waals surface area contributed by atoms with Crippen LogP contribution in [0.1, 0.15) is 13.3 Å². The van der Waals surface area contributed by atoms with Crippen molar-refractivity contribution in [2.45, 2.75) is 24.8 Å². The quantitative estimate of drug-likeness (QED) is 0.260. The molecule has 0 rings (SSSR count). The van der Waals surface area contributed by atoms with Crippen molar-refractivity contribution in [3.63, 3.8) is 0 Å². The molecule has 0 heterocycles. The average Bonchev–Trinajstić information content (AvgIpc) is 2.05. The fourth-order valence-electron chi connectivity index (χ4n) is 0.855. The Morgan fingerprint density at radius 2 is 2.00 bits per heavy atom. The Morgan fingerprint density at radius 1 is 1.45 bits per heavy atom. The molecule has 0 fully saturated rings. The molecule has 0 aliphatic rings. The number of hydrogen-bond acceptors (Lipinski definition) is 2. The van der Waals surface area contributed by atoms with Gasteiger partial charge in [-0.15, -0.1) is 6.58 Å². The first-order chi connectivity index (χ1) is 5.18. The maximum Gasteiger partial charge on any atom is 0.141 e. The van der Waals surface area contributed by atoms with Gasteiger partial charge in [-0.3, -0.25) is 0 Å². The summed E-state index contributed by atoms with van der Waals surface area (Å²) in [5.74, 6) is 0. The van der Waals surface area contributed by atoms with E-state index in [0.29, 0.717) is 0 Å². The largest absolute Gasteiger partial charge is 0.358 e. The number of methoxy groups -OCH3 is 2. The van der Waals surface area contributed by atoms with Crippen LogP contribution in [-0.2, 0) is 9.47 Å². The van der Waals surface area contributed by atoms with Gasteiger partial charge in [0.2, 0.25) is 0 Å². The van der Waals surface area contributed by atoms with Gasteiger partial charge in [0.25, 0.3) is 0 Å². The van der Waals surface area contributed by atoms with E-state index in [1.807, 2.05) is 13.0 Å². The van der Waals surface area contributed by atoms with Crippen LogP contribution in [0.5, 0.6) is 0 Å². The number of ether oxygens (including phenoxy) is 2. The van der Waals surface area contributed by atoms with Gasteiger partial charge in [0.15, 0.2) is 0 Å². The number of hydrogen-bond donors (Lipinski definition) is 0. The third kappa shape index (κ3) is 4.34. The molecule has 0 aliphatic carbocycles. The lowest BCUT2D eigenvalue weighted by molar-refractivity contribution is -0.130. The Balaban J connectivity index is 3.59. The molecule has 3 heteroatoms. The molecule has 0 aliphatic heterocycles. The van der Waals surface area contributed by atoms with Crippen molar-refractivity contribution in [2.24, 2.45) is 0 Å². The lowest BCUT2D eigenvalue weighted by atomic mass is 10.5. The second-order valence-corrected chi connectivity index (χ2v) is 5.21. The van der Waals surface area contributed by atoms with Crippen LogP contribution in [0.2, 0.25) is 6.04 Å². The van der Waals surface area contributed by atoms with E-state index in [2.05, 4.69) is 6.58 Å². The van der Waals surface area contributed by atoms with Gasteiger partial charge in [0.05, 0.1) is 9.52 Å². The highest BCUT2D eigenvalue weighted by atomic mass is 28.2. The zero-order valence-electron chi connectivity index (χ0n) is 7.72. The Morgan fingerprint density at radius 3 is 2.36 bits per heavy atom. The van der Waals surface area contributed by atoms with Gasteiger partial charge in [0.1, 0.15) is 5.41 Å². The topological polar surface area (TPSA) is 18.5 Å². The Labute approximate surface area is 71.4 Å². The Hall–Kier alpha value is -0.123. The molecule has 0 saturated heterocycles. The molecular weight excluding hydrogens is 156 g/mol. The molecule has 0 aromatic rings. The minimum absolute atomic E-state index is 0.275. The van der Waals surface area contributed by atoms with E-state index in [0.717, 1.165) is 6.42 Å². The van der Waals surface area contributed by atoms with Gasteiger partial charge in [-0.05, 0) is 13.3 Å². The highest BCUT2D eigenvalue weighted by Gasteiger charge is 2.21. The van der Waals surface area contributed by atoms with E-state index in [-0.39, 0.29) is 14.9 Å². The minimum atomic E-state index is -0.298. The van der Waals surface area contributed by atoms with E-state index in [1.165, 1.54) is 6.04 Å². The van der Waals surface area contributed by atoms with Gasteiger partial charge in [-0.2, -0.15) is 0 Å².